The van der Waals surface area contributed by atoms with Crippen LogP contribution in [0, 0.1) is 11.3 Å². The van der Waals surface area contributed by atoms with Gasteiger partial charge in [-0.25, -0.2) is 4.98 Å². The number of hydrogen-bond acceptors (Lipinski definition) is 4. The maximum Gasteiger partial charge on any atom is 0.416 e. The number of thiophene rings is 2. The molecule has 0 unspecified atom stereocenters. The maximum atomic E-state index is 15.2. The molecule has 0 fully saturated rings. The molecular formula is C70H32F12N6S2. The first-order valence-corrected chi connectivity index (χ1v) is 29.4. The summed E-state index contributed by atoms with van der Waals surface area (Å²) in [4.78, 5) is 12.4. The van der Waals surface area contributed by atoms with Crippen molar-refractivity contribution in [3.63, 3.8) is 0 Å². The second kappa shape index (κ2) is 18.4. The van der Waals surface area contributed by atoms with E-state index in [9.17, 15) is 5.26 Å². The molecule has 90 heavy (non-hydrogen) atoms. The van der Waals surface area contributed by atoms with Gasteiger partial charge in [0.15, 0.2) is 0 Å². The minimum atomic E-state index is -5.04. The highest BCUT2D eigenvalue weighted by atomic mass is 32.1. The number of nitrogens with one attached hydrogen (secondary N) is 2. The van der Waals surface area contributed by atoms with E-state index in [1.807, 2.05) is 84.9 Å². The van der Waals surface area contributed by atoms with E-state index in [2.05, 4.69) is 16.0 Å². The summed E-state index contributed by atoms with van der Waals surface area (Å²) in [5.74, 6) is -0.947. The topological polar surface area (TPSA) is 78.1 Å². The number of H-pyrrole nitrogens is 2. The van der Waals surface area contributed by atoms with Crippen molar-refractivity contribution in [2.75, 3.05) is 0 Å². The SMILES string of the molecule is N#Cc1c(-c2cccc3sc4cc5c(cc4c23)[nH]c2ccccc25)c(-n2c3cc(C(F)(F)F)ccc3c3ccc(C(F)(F)F)cc32)nc(-n2c3cc(C(F)(F)F)ccc3c3ccc(C(F)(F)F)cc32)c1-c1cccc2sc3cc4c(cc3c12)[nH]c1ccccc14. The summed E-state index contributed by atoms with van der Waals surface area (Å²) in [6, 6.07) is 46.4. The molecule has 17 rings (SSSR count). The van der Waals surface area contributed by atoms with Gasteiger partial charge in [-0.15, -0.1) is 22.7 Å². The minimum absolute atomic E-state index is 0.0170. The summed E-state index contributed by atoms with van der Waals surface area (Å²) in [6.45, 7) is 0. The summed E-state index contributed by atoms with van der Waals surface area (Å²) in [5, 5.41) is 18.4. The number of nitrogens with zero attached hydrogens (tertiary/aromatic N) is 4. The van der Waals surface area contributed by atoms with Crippen LogP contribution in [0.15, 0.2) is 182 Å². The summed E-state index contributed by atoms with van der Waals surface area (Å²) < 4.78 is 188. The average molecular weight is 1250 g/mol. The third-order valence-corrected chi connectivity index (χ3v) is 19.6. The fraction of sp³-hybridized carbons (Fsp3) is 0.0571. The molecule has 0 aliphatic carbocycles. The van der Waals surface area contributed by atoms with Crippen LogP contribution in [0.1, 0.15) is 27.8 Å². The number of halogens is 12. The lowest BCUT2D eigenvalue weighted by molar-refractivity contribution is -0.138. The van der Waals surface area contributed by atoms with Crippen LogP contribution in [0.3, 0.4) is 0 Å². The molecule has 7 heterocycles. The number of hydrogen-bond donors (Lipinski definition) is 2. The molecule has 2 N–H and O–H groups in total. The molecule has 0 spiro atoms. The molecule has 0 atom stereocenters. The second-order valence-electron chi connectivity index (χ2n) is 22.3. The van der Waals surface area contributed by atoms with Crippen molar-refractivity contribution in [3.05, 3.63) is 210 Å². The fourth-order valence-corrected chi connectivity index (χ4v) is 15.8. The van der Waals surface area contributed by atoms with E-state index in [0.29, 0.717) is 42.0 Å². The molecule has 7 aromatic heterocycles. The van der Waals surface area contributed by atoms with Gasteiger partial charge in [-0.05, 0) is 108 Å². The Bertz CT molecular complexity index is 5570. The Kier molecular flexibility index (Phi) is 11.0. The molecule has 0 amide bonds. The average Bonchev–Trinajstić information content (AvgIpc) is 1.53. The number of rotatable bonds is 4. The van der Waals surface area contributed by atoms with Crippen LogP contribution in [0.2, 0.25) is 0 Å². The van der Waals surface area contributed by atoms with Crippen LogP contribution in [0.4, 0.5) is 52.7 Å². The summed E-state index contributed by atoms with van der Waals surface area (Å²) in [5.41, 5.74) is -3.32. The predicted octanol–water partition coefficient (Wildman–Crippen LogP) is 22.6. The summed E-state index contributed by atoms with van der Waals surface area (Å²) in [6.07, 6.45) is -20.2. The molecule has 0 bridgehead atoms. The smallest absolute Gasteiger partial charge is 0.354 e. The number of nitriles is 1. The highest BCUT2D eigenvalue weighted by Crippen LogP contribution is 2.53. The van der Waals surface area contributed by atoms with Gasteiger partial charge in [-0.1, -0.05) is 84.9 Å². The van der Waals surface area contributed by atoms with Crippen LogP contribution in [0.25, 0.3) is 161 Å². The number of aromatic nitrogens is 5. The number of para-hydroxylation sites is 2. The van der Waals surface area contributed by atoms with E-state index in [0.717, 1.165) is 124 Å². The van der Waals surface area contributed by atoms with Crippen molar-refractivity contribution in [1.29, 1.82) is 5.26 Å². The van der Waals surface area contributed by atoms with Crippen molar-refractivity contribution >= 4 is 150 Å². The number of pyridine rings is 1. The van der Waals surface area contributed by atoms with E-state index in [-0.39, 0.29) is 71.4 Å². The number of benzene rings is 10. The number of fused-ring (bicyclic) bond motifs is 18. The molecule has 0 aliphatic heterocycles. The lowest BCUT2D eigenvalue weighted by Gasteiger charge is -2.23. The van der Waals surface area contributed by atoms with E-state index in [1.54, 1.807) is 24.3 Å². The van der Waals surface area contributed by atoms with Gasteiger partial charge < -0.3 is 9.97 Å². The lowest BCUT2D eigenvalue weighted by atomic mass is 9.89. The predicted molar refractivity (Wildman–Crippen MR) is 333 cm³/mol. The molecule has 10 aromatic carbocycles. The van der Waals surface area contributed by atoms with Gasteiger partial charge in [0.2, 0.25) is 0 Å². The zero-order valence-electron chi connectivity index (χ0n) is 45.5. The normalized spacial score (nSPS) is 13.1. The zero-order chi connectivity index (χ0) is 61.8. The van der Waals surface area contributed by atoms with E-state index in [4.69, 9.17) is 4.98 Å². The highest BCUT2D eigenvalue weighted by Gasteiger charge is 2.38. The number of aromatic amines is 2. The van der Waals surface area contributed by atoms with Gasteiger partial charge in [0.25, 0.3) is 0 Å². The van der Waals surface area contributed by atoms with Crippen LogP contribution < -0.4 is 0 Å². The Hall–Kier alpha value is -10.4. The lowest BCUT2D eigenvalue weighted by Crippen LogP contribution is -2.12. The molecular weight excluding hydrogens is 1220 g/mol. The van der Waals surface area contributed by atoms with Gasteiger partial charge >= 0.3 is 24.7 Å². The van der Waals surface area contributed by atoms with E-state index < -0.39 is 58.6 Å². The highest BCUT2D eigenvalue weighted by molar-refractivity contribution is 7.26. The Balaban J connectivity index is 1.13. The largest absolute Gasteiger partial charge is 0.416 e. The van der Waals surface area contributed by atoms with Crippen molar-refractivity contribution in [2.24, 2.45) is 0 Å². The Morgan fingerprint density at radius 2 is 0.700 bits per heavy atom. The Morgan fingerprint density at radius 3 is 1.04 bits per heavy atom. The Morgan fingerprint density at radius 1 is 0.344 bits per heavy atom. The van der Waals surface area contributed by atoms with Crippen LogP contribution in [-0.2, 0) is 24.7 Å². The molecule has 6 nitrogen and oxygen atoms in total. The first kappa shape index (κ1) is 53.8. The van der Waals surface area contributed by atoms with Gasteiger partial charge in [0.05, 0.1) is 49.9 Å². The number of alkyl halides is 12. The van der Waals surface area contributed by atoms with Gasteiger partial charge in [-0.3, -0.25) is 9.13 Å². The molecule has 438 valence electrons. The van der Waals surface area contributed by atoms with E-state index in [1.165, 1.54) is 22.7 Å². The second-order valence-corrected chi connectivity index (χ2v) is 24.4. The standard InChI is InChI=1S/C70H32F12N6S2/c71-67(72,73)32-15-19-38-39-20-16-33(68(74,75)76)24-54(39)87(53(38)23-32)65-63(42-9-5-13-57-61(42)46-27-51-44(29-59(46)89-57)36-7-1-3-11-49(36)84-51)48(31-83)64(43-10-6-14-58-62(43)47-28-52-45(30-60(47)90-58)37-8-2-4-12-50(37)85-52)66(86-65)88-55-25-34(69(77,78)79)17-21-40(55)41-22-18-35(26-56(41)88)70(80,81)82/h1-30,84-85H. The minimum Gasteiger partial charge on any atom is -0.354 e. The molecule has 20 heteroatoms. The van der Waals surface area contributed by atoms with Gasteiger partial charge in [-0.2, -0.15) is 57.9 Å². The van der Waals surface area contributed by atoms with Crippen LogP contribution >= 0.6 is 22.7 Å². The molecule has 0 saturated carbocycles. The molecule has 17 aromatic rings. The Labute approximate surface area is 504 Å². The van der Waals surface area contributed by atoms with E-state index >= 15 is 52.7 Å². The fourth-order valence-electron chi connectivity index (χ4n) is 13.5. The molecule has 0 saturated heterocycles. The van der Waals surface area contributed by atoms with Crippen molar-refractivity contribution < 1.29 is 52.7 Å². The van der Waals surface area contributed by atoms with Crippen LogP contribution in [-0.4, -0.2) is 24.1 Å². The summed E-state index contributed by atoms with van der Waals surface area (Å²) >= 11 is 2.77. The van der Waals surface area contributed by atoms with Crippen LogP contribution in [0.5, 0.6) is 0 Å². The third kappa shape index (κ3) is 7.81. The van der Waals surface area contributed by atoms with Crippen molar-refractivity contribution in [2.45, 2.75) is 24.7 Å². The van der Waals surface area contributed by atoms with Gasteiger partial charge in [0, 0.05) is 117 Å². The first-order chi connectivity index (χ1) is 43.1. The molecule has 0 aliphatic rings. The van der Waals surface area contributed by atoms with Gasteiger partial charge in [0.1, 0.15) is 17.7 Å². The zero-order valence-corrected chi connectivity index (χ0v) is 47.1. The quantitative estimate of drug-likeness (QED) is 0.172. The monoisotopic (exact) mass is 1250 g/mol. The molecule has 0 radical (unpaired) electrons. The first-order valence-electron chi connectivity index (χ1n) is 27.8. The third-order valence-electron chi connectivity index (χ3n) is 17.3. The summed E-state index contributed by atoms with van der Waals surface area (Å²) in [7, 11) is 0. The maximum absolute atomic E-state index is 15.2. The van der Waals surface area contributed by atoms with Crippen molar-refractivity contribution in [3.8, 4) is 40.0 Å². The van der Waals surface area contributed by atoms with Crippen molar-refractivity contribution in [1.82, 2.24) is 24.1 Å².